The molecule has 16 heavy (non-hydrogen) atoms. The van der Waals surface area contributed by atoms with Gasteiger partial charge in [0, 0.05) is 13.7 Å². The smallest absolute Gasteiger partial charge is 0.143 e. The number of rotatable bonds is 5. The second-order valence-electron chi connectivity index (χ2n) is 3.66. The van der Waals surface area contributed by atoms with E-state index in [1.165, 1.54) is 0 Å². The third-order valence-corrected chi connectivity index (χ3v) is 2.98. The summed E-state index contributed by atoms with van der Waals surface area (Å²) in [5.41, 5.74) is 6.33. The molecule has 2 N–H and O–H groups in total. The van der Waals surface area contributed by atoms with Crippen molar-refractivity contribution in [2.45, 2.75) is 19.9 Å². The number of halogens is 1. The Bertz CT molecular complexity index is 346. The molecule has 0 saturated heterocycles. The Kier molecular flexibility index (Phi) is 5.02. The van der Waals surface area contributed by atoms with Crippen LogP contribution in [0.25, 0.3) is 0 Å². The molecule has 0 saturated carbocycles. The Morgan fingerprint density at radius 3 is 2.81 bits per heavy atom. The summed E-state index contributed by atoms with van der Waals surface area (Å²) in [7, 11) is 1.70. The van der Waals surface area contributed by atoms with Gasteiger partial charge >= 0.3 is 0 Å². The summed E-state index contributed by atoms with van der Waals surface area (Å²) in [6.07, 6.45) is 1.67. The summed E-state index contributed by atoms with van der Waals surface area (Å²) < 4.78 is 6.08. The maximum Gasteiger partial charge on any atom is 0.143 e. The van der Waals surface area contributed by atoms with Gasteiger partial charge in [0.15, 0.2) is 0 Å². The molecule has 0 spiro atoms. The molecule has 4 nitrogen and oxygen atoms in total. The largest absolute Gasteiger partial charge is 0.397 e. The van der Waals surface area contributed by atoms with E-state index in [1.54, 1.807) is 13.3 Å². The zero-order valence-electron chi connectivity index (χ0n) is 9.90. The zero-order valence-corrected chi connectivity index (χ0v) is 11.5. The molecule has 0 bridgehead atoms. The highest BCUT2D eigenvalue weighted by molar-refractivity contribution is 9.10. The van der Waals surface area contributed by atoms with E-state index in [4.69, 9.17) is 10.5 Å². The highest BCUT2D eigenvalue weighted by Crippen LogP contribution is 2.26. The molecule has 0 aromatic carbocycles. The lowest BCUT2D eigenvalue weighted by molar-refractivity contribution is 0.181. The van der Waals surface area contributed by atoms with Gasteiger partial charge in [0.25, 0.3) is 0 Å². The van der Waals surface area contributed by atoms with Crippen LogP contribution < -0.4 is 10.6 Å². The molecule has 5 heteroatoms. The van der Waals surface area contributed by atoms with E-state index < -0.39 is 0 Å². The summed E-state index contributed by atoms with van der Waals surface area (Å²) in [4.78, 5) is 6.52. The third-order valence-electron chi connectivity index (χ3n) is 2.40. The molecule has 90 valence electrons. The second-order valence-corrected chi connectivity index (χ2v) is 4.52. The van der Waals surface area contributed by atoms with Crippen molar-refractivity contribution in [3.63, 3.8) is 0 Å². The van der Waals surface area contributed by atoms with Gasteiger partial charge in [-0.2, -0.15) is 0 Å². The van der Waals surface area contributed by atoms with Crippen LogP contribution in [0, 0.1) is 0 Å². The Balaban J connectivity index is 2.94. The van der Waals surface area contributed by atoms with Gasteiger partial charge in [0.1, 0.15) is 5.82 Å². The maximum absolute atomic E-state index is 5.67. The van der Waals surface area contributed by atoms with Crippen LogP contribution in [0.15, 0.2) is 16.7 Å². The van der Waals surface area contributed by atoms with Crippen LogP contribution in [-0.4, -0.2) is 31.3 Å². The van der Waals surface area contributed by atoms with Gasteiger partial charge in [-0.15, -0.1) is 0 Å². The van der Waals surface area contributed by atoms with Gasteiger partial charge in [-0.25, -0.2) is 4.98 Å². The van der Waals surface area contributed by atoms with Gasteiger partial charge in [0.2, 0.25) is 0 Å². The first kappa shape index (κ1) is 13.3. The molecule has 0 fully saturated rings. The Morgan fingerprint density at radius 2 is 2.31 bits per heavy atom. The molecule has 1 aromatic rings. The van der Waals surface area contributed by atoms with E-state index in [0.717, 1.165) is 16.8 Å². The maximum atomic E-state index is 5.67. The highest BCUT2D eigenvalue weighted by Gasteiger charge is 2.16. The number of ether oxygens (including phenoxy) is 1. The van der Waals surface area contributed by atoms with Crippen LogP contribution in [0.1, 0.15) is 13.8 Å². The molecule has 1 unspecified atom stereocenters. The molecule has 0 aliphatic rings. The fraction of sp³-hybridized carbons (Fsp3) is 0.545. The SMILES string of the molecule is CCN(c1ncc(N)cc1Br)C(C)COC. The first-order valence-electron chi connectivity index (χ1n) is 5.26. The number of nitrogens with zero attached hydrogens (tertiary/aromatic N) is 2. The van der Waals surface area contributed by atoms with Crippen LogP contribution in [-0.2, 0) is 4.74 Å². The Labute approximate surface area is 105 Å². The van der Waals surface area contributed by atoms with Crippen LogP contribution in [0.4, 0.5) is 11.5 Å². The summed E-state index contributed by atoms with van der Waals surface area (Å²) in [6.45, 7) is 5.75. The molecule has 0 amide bonds. The number of anilines is 2. The molecule has 0 radical (unpaired) electrons. The molecule has 1 rings (SSSR count). The van der Waals surface area contributed by atoms with Gasteiger partial charge < -0.3 is 15.4 Å². The van der Waals surface area contributed by atoms with Gasteiger partial charge in [-0.1, -0.05) is 0 Å². The predicted octanol–water partition coefficient (Wildman–Crippen LogP) is 2.29. The van der Waals surface area contributed by atoms with Crippen molar-refractivity contribution in [3.05, 3.63) is 16.7 Å². The second kappa shape index (κ2) is 6.06. The first-order chi connectivity index (χ1) is 7.60. The lowest BCUT2D eigenvalue weighted by Gasteiger charge is -2.29. The Morgan fingerprint density at radius 1 is 1.62 bits per heavy atom. The van der Waals surface area contributed by atoms with Crippen molar-refractivity contribution < 1.29 is 4.74 Å². The van der Waals surface area contributed by atoms with Crippen molar-refractivity contribution in [1.82, 2.24) is 4.98 Å². The summed E-state index contributed by atoms with van der Waals surface area (Å²) in [6, 6.07) is 2.15. The number of hydrogen-bond acceptors (Lipinski definition) is 4. The van der Waals surface area contributed by atoms with Crippen LogP contribution >= 0.6 is 15.9 Å². The number of likely N-dealkylation sites (N-methyl/N-ethyl adjacent to an activating group) is 1. The minimum Gasteiger partial charge on any atom is -0.397 e. The van der Waals surface area contributed by atoms with Crippen LogP contribution in [0.3, 0.4) is 0 Å². The summed E-state index contributed by atoms with van der Waals surface area (Å²) in [5.74, 6) is 0.904. The molecule has 1 atom stereocenters. The number of nitrogen functional groups attached to an aromatic ring is 1. The van der Waals surface area contributed by atoms with Crippen molar-refractivity contribution in [2.75, 3.05) is 30.9 Å². The number of nitrogens with two attached hydrogens (primary N) is 1. The predicted molar refractivity (Wildman–Crippen MR) is 70.7 cm³/mol. The summed E-state index contributed by atoms with van der Waals surface area (Å²) in [5, 5.41) is 0. The van der Waals surface area contributed by atoms with Crippen molar-refractivity contribution in [2.24, 2.45) is 0 Å². The number of hydrogen-bond donors (Lipinski definition) is 1. The van der Waals surface area contributed by atoms with Crippen LogP contribution in [0.5, 0.6) is 0 Å². The molecular formula is C11H18BrN3O. The number of methoxy groups -OCH3 is 1. The van der Waals surface area contributed by atoms with E-state index in [0.29, 0.717) is 12.3 Å². The monoisotopic (exact) mass is 287 g/mol. The molecule has 0 aliphatic carbocycles. The first-order valence-corrected chi connectivity index (χ1v) is 6.06. The lowest BCUT2D eigenvalue weighted by Crippen LogP contribution is -2.37. The van der Waals surface area contributed by atoms with E-state index in [2.05, 4.69) is 39.7 Å². The average Bonchev–Trinajstić information content (AvgIpc) is 2.22. The quantitative estimate of drug-likeness (QED) is 0.903. The molecule has 0 aliphatic heterocycles. The molecule has 1 aromatic heterocycles. The summed E-state index contributed by atoms with van der Waals surface area (Å²) >= 11 is 3.48. The van der Waals surface area contributed by atoms with E-state index in [-0.39, 0.29) is 6.04 Å². The minimum absolute atomic E-state index is 0.280. The van der Waals surface area contributed by atoms with Crippen LogP contribution in [0.2, 0.25) is 0 Å². The van der Waals surface area contributed by atoms with Gasteiger partial charge in [0.05, 0.1) is 29.0 Å². The average molecular weight is 288 g/mol. The Hall–Kier alpha value is -0.810. The highest BCUT2D eigenvalue weighted by atomic mass is 79.9. The fourth-order valence-electron chi connectivity index (χ4n) is 1.66. The standard InChI is InChI=1S/C11H18BrN3O/c1-4-15(8(2)7-16-3)11-10(12)5-9(13)6-14-11/h5-6,8H,4,7,13H2,1-3H3. The van der Waals surface area contributed by atoms with Gasteiger partial charge in [-0.3, -0.25) is 0 Å². The van der Waals surface area contributed by atoms with E-state index >= 15 is 0 Å². The third kappa shape index (κ3) is 3.09. The van der Waals surface area contributed by atoms with Gasteiger partial charge in [-0.05, 0) is 35.8 Å². The minimum atomic E-state index is 0.280. The fourth-order valence-corrected chi connectivity index (χ4v) is 2.25. The van der Waals surface area contributed by atoms with Crippen molar-refractivity contribution in [3.8, 4) is 0 Å². The molecular weight excluding hydrogens is 270 g/mol. The molecule has 1 heterocycles. The van der Waals surface area contributed by atoms with Crippen molar-refractivity contribution >= 4 is 27.4 Å². The number of aromatic nitrogens is 1. The van der Waals surface area contributed by atoms with E-state index in [1.807, 2.05) is 6.07 Å². The zero-order chi connectivity index (χ0) is 12.1. The lowest BCUT2D eigenvalue weighted by atomic mass is 10.3. The topological polar surface area (TPSA) is 51.4 Å². The van der Waals surface area contributed by atoms with Crippen molar-refractivity contribution in [1.29, 1.82) is 0 Å². The normalized spacial score (nSPS) is 12.5. The van der Waals surface area contributed by atoms with E-state index in [9.17, 15) is 0 Å². The number of pyridine rings is 1.